The number of rotatable bonds is 4. The maximum Gasteiger partial charge on any atom is 0.127 e. The highest BCUT2D eigenvalue weighted by Gasteiger charge is 2.15. The number of benzene rings is 2. The van der Waals surface area contributed by atoms with E-state index in [9.17, 15) is 8.78 Å². The molecule has 0 aliphatic rings. The molecular formula is C15H15F2NO. The van der Waals surface area contributed by atoms with E-state index < -0.39 is 6.04 Å². The third-order valence-electron chi connectivity index (χ3n) is 2.84. The molecule has 0 saturated carbocycles. The van der Waals surface area contributed by atoms with Crippen LogP contribution in [0.3, 0.4) is 0 Å². The van der Waals surface area contributed by atoms with Crippen LogP contribution >= 0.6 is 0 Å². The Morgan fingerprint density at radius 2 is 1.68 bits per heavy atom. The summed E-state index contributed by atoms with van der Waals surface area (Å²) >= 11 is 0. The van der Waals surface area contributed by atoms with Gasteiger partial charge in [0.1, 0.15) is 17.4 Å². The van der Waals surface area contributed by atoms with Gasteiger partial charge in [0.05, 0.1) is 12.6 Å². The van der Waals surface area contributed by atoms with Gasteiger partial charge in [-0.3, -0.25) is 0 Å². The Balaban J connectivity index is 2.37. The summed E-state index contributed by atoms with van der Waals surface area (Å²) in [4.78, 5) is 0. The minimum Gasteiger partial charge on any atom is -0.493 e. The van der Waals surface area contributed by atoms with Crippen molar-refractivity contribution in [1.82, 2.24) is 0 Å². The van der Waals surface area contributed by atoms with Gasteiger partial charge in [-0.2, -0.15) is 0 Å². The summed E-state index contributed by atoms with van der Waals surface area (Å²) in [6.07, 6.45) is 0. The van der Waals surface area contributed by atoms with E-state index in [1.807, 2.05) is 6.92 Å². The zero-order valence-corrected chi connectivity index (χ0v) is 10.6. The van der Waals surface area contributed by atoms with Gasteiger partial charge in [0, 0.05) is 11.6 Å². The van der Waals surface area contributed by atoms with Crippen molar-refractivity contribution in [3.63, 3.8) is 0 Å². The predicted molar refractivity (Wildman–Crippen MR) is 70.0 cm³/mol. The summed E-state index contributed by atoms with van der Waals surface area (Å²) in [5, 5.41) is 0. The zero-order chi connectivity index (χ0) is 13.8. The second kappa shape index (κ2) is 5.80. The molecule has 4 heteroatoms. The van der Waals surface area contributed by atoms with Gasteiger partial charge in [-0.15, -0.1) is 0 Å². The van der Waals surface area contributed by atoms with Gasteiger partial charge >= 0.3 is 0 Å². The minimum absolute atomic E-state index is 0.319. The van der Waals surface area contributed by atoms with Gasteiger partial charge in [-0.05, 0) is 30.7 Å². The molecule has 0 aliphatic heterocycles. The lowest BCUT2D eigenvalue weighted by molar-refractivity contribution is 0.333. The molecule has 2 nitrogen and oxygen atoms in total. The maximum absolute atomic E-state index is 13.2. The zero-order valence-electron chi connectivity index (χ0n) is 10.6. The fourth-order valence-electron chi connectivity index (χ4n) is 1.90. The van der Waals surface area contributed by atoms with E-state index in [2.05, 4.69) is 0 Å². The minimum atomic E-state index is -0.484. The molecule has 2 aromatic rings. The van der Waals surface area contributed by atoms with Crippen LogP contribution in [0.15, 0.2) is 42.5 Å². The Hall–Kier alpha value is -1.94. The summed E-state index contributed by atoms with van der Waals surface area (Å²) in [6, 6.07) is 9.66. The van der Waals surface area contributed by atoms with E-state index in [-0.39, 0.29) is 11.6 Å². The summed E-state index contributed by atoms with van der Waals surface area (Å²) in [7, 11) is 0. The lowest BCUT2D eigenvalue weighted by atomic mass is 9.98. The van der Waals surface area contributed by atoms with Crippen LogP contribution in [0.2, 0.25) is 0 Å². The second-order valence-electron chi connectivity index (χ2n) is 4.14. The molecule has 0 saturated heterocycles. The molecule has 0 amide bonds. The van der Waals surface area contributed by atoms with Crippen LogP contribution in [0.4, 0.5) is 8.78 Å². The van der Waals surface area contributed by atoms with Crippen molar-refractivity contribution in [2.45, 2.75) is 13.0 Å². The van der Waals surface area contributed by atoms with Crippen molar-refractivity contribution in [2.24, 2.45) is 5.73 Å². The molecular weight excluding hydrogens is 248 g/mol. The molecule has 0 heterocycles. The number of halogens is 2. The summed E-state index contributed by atoms with van der Waals surface area (Å²) < 4.78 is 31.5. The number of ether oxygens (including phenoxy) is 1. The Morgan fingerprint density at radius 1 is 1.05 bits per heavy atom. The third-order valence-corrected chi connectivity index (χ3v) is 2.84. The average Bonchev–Trinajstić information content (AvgIpc) is 2.39. The smallest absolute Gasteiger partial charge is 0.127 e. The first-order valence-electron chi connectivity index (χ1n) is 6.05. The molecule has 0 spiro atoms. The van der Waals surface area contributed by atoms with E-state index in [1.54, 1.807) is 18.2 Å². The summed E-state index contributed by atoms with van der Waals surface area (Å²) in [5.41, 5.74) is 7.54. The first kappa shape index (κ1) is 13.5. The van der Waals surface area contributed by atoms with Gasteiger partial charge < -0.3 is 10.5 Å². The van der Waals surface area contributed by atoms with Crippen molar-refractivity contribution in [3.05, 3.63) is 65.2 Å². The summed E-state index contributed by atoms with van der Waals surface area (Å²) in [5.74, 6) is -0.280. The maximum atomic E-state index is 13.2. The molecule has 0 radical (unpaired) electrons. The average molecular weight is 263 g/mol. The molecule has 19 heavy (non-hydrogen) atoms. The Morgan fingerprint density at radius 3 is 2.32 bits per heavy atom. The first-order valence-corrected chi connectivity index (χ1v) is 6.05. The molecule has 100 valence electrons. The third kappa shape index (κ3) is 3.09. The van der Waals surface area contributed by atoms with Crippen molar-refractivity contribution >= 4 is 0 Å². The molecule has 0 bridgehead atoms. The van der Waals surface area contributed by atoms with Crippen molar-refractivity contribution < 1.29 is 13.5 Å². The van der Waals surface area contributed by atoms with Crippen molar-refractivity contribution in [1.29, 1.82) is 0 Å². The Labute approximate surface area is 110 Å². The molecule has 1 atom stereocenters. The normalized spacial score (nSPS) is 12.2. The van der Waals surface area contributed by atoms with E-state index in [4.69, 9.17) is 10.5 Å². The van der Waals surface area contributed by atoms with Gasteiger partial charge in [-0.1, -0.05) is 18.2 Å². The lowest BCUT2D eigenvalue weighted by Gasteiger charge is -2.17. The van der Waals surface area contributed by atoms with E-state index in [0.29, 0.717) is 17.9 Å². The van der Waals surface area contributed by atoms with Crippen molar-refractivity contribution in [2.75, 3.05) is 6.61 Å². The van der Waals surface area contributed by atoms with Crippen LogP contribution in [0, 0.1) is 11.6 Å². The standard InChI is InChI=1S/C15H15F2NO/c1-2-19-14-9-12(17)7-8-13(14)15(18)10-3-5-11(16)6-4-10/h3-9,15H,2,18H2,1H3. The monoisotopic (exact) mass is 263 g/mol. The number of hydrogen-bond acceptors (Lipinski definition) is 2. The lowest BCUT2D eigenvalue weighted by Crippen LogP contribution is -2.13. The Kier molecular flexibility index (Phi) is 4.12. The molecule has 2 rings (SSSR count). The quantitative estimate of drug-likeness (QED) is 0.917. The number of hydrogen-bond donors (Lipinski definition) is 1. The van der Waals surface area contributed by atoms with Crippen LogP contribution in [-0.2, 0) is 0 Å². The largest absolute Gasteiger partial charge is 0.493 e. The molecule has 0 fully saturated rings. The topological polar surface area (TPSA) is 35.2 Å². The van der Waals surface area contributed by atoms with E-state index >= 15 is 0 Å². The second-order valence-corrected chi connectivity index (χ2v) is 4.14. The molecule has 2 aromatic carbocycles. The molecule has 2 N–H and O–H groups in total. The molecule has 0 aromatic heterocycles. The van der Waals surface area contributed by atoms with Crippen LogP contribution < -0.4 is 10.5 Å². The van der Waals surface area contributed by atoms with Gasteiger partial charge in [0.15, 0.2) is 0 Å². The highest BCUT2D eigenvalue weighted by molar-refractivity contribution is 5.41. The van der Waals surface area contributed by atoms with E-state index in [0.717, 1.165) is 5.56 Å². The SMILES string of the molecule is CCOc1cc(F)ccc1C(N)c1ccc(F)cc1. The first-order chi connectivity index (χ1) is 9.11. The molecule has 1 unspecified atom stereocenters. The molecule has 0 aliphatic carbocycles. The van der Waals surface area contributed by atoms with Gasteiger partial charge in [0.25, 0.3) is 0 Å². The van der Waals surface area contributed by atoms with E-state index in [1.165, 1.54) is 24.3 Å². The van der Waals surface area contributed by atoms with Crippen LogP contribution in [0.25, 0.3) is 0 Å². The highest BCUT2D eigenvalue weighted by atomic mass is 19.1. The summed E-state index contributed by atoms with van der Waals surface area (Å²) in [6.45, 7) is 2.24. The van der Waals surface area contributed by atoms with Gasteiger partial charge in [-0.25, -0.2) is 8.78 Å². The van der Waals surface area contributed by atoms with Crippen LogP contribution in [-0.4, -0.2) is 6.61 Å². The Bertz CT molecular complexity index is 555. The van der Waals surface area contributed by atoms with Crippen LogP contribution in [0.5, 0.6) is 5.75 Å². The van der Waals surface area contributed by atoms with Crippen molar-refractivity contribution in [3.8, 4) is 5.75 Å². The predicted octanol–water partition coefficient (Wildman–Crippen LogP) is 3.41. The fraction of sp³-hybridized carbons (Fsp3) is 0.200. The van der Waals surface area contributed by atoms with Gasteiger partial charge in [0.2, 0.25) is 0 Å². The highest BCUT2D eigenvalue weighted by Crippen LogP contribution is 2.29. The fourth-order valence-corrected chi connectivity index (χ4v) is 1.90. The number of nitrogens with two attached hydrogens (primary N) is 1. The van der Waals surface area contributed by atoms with Crippen LogP contribution in [0.1, 0.15) is 24.1 Å².